The average Bonchev–Trinajstić information content (AvgIpc) is 2.96. The van der Waals surface area contributed by atoms with E-state index in [4.69, 9.17) is 0 Å². The van der Waals surface area contributed by atoms with Gasteiger partial charge in [0.25, 0.3) is 10.0 Å². The summed E-state index contributed by atoms with van der Waals surface area (Å²) in [5.41, 5.74) is 1.59. The molecule has 0 aliphatic carbocycles. The SMILES string of the molecule is O=S(=O)(Nc1n[nH]cc1-c1ccccc1)c1ccccc1. The molecule has 0 unspecified atom stereocenters. The summed E-state index contributed by atoms with van der Waals surface area (Å²) in [6, 6.07) is 17.7. The fraction of sp³-hybridized carbons (Fsp3) is 0. The van der Waals surface area contributed by atoms with Gasteiger partial charge in [-0.3, -0.25) is 9.82 Å². The van der Waals surface area contributed by atoms with Gasteiger partial charge in [-0.25, -0.2) is 8.42 Å². The molecule has 0 aliphatic rings. The largest absolute Gasteiger partial charge is 0.283 e. The molecule has 0 spiro atoms. The van der Waals surface area contributed by atoms with Gasteiger partial charge in [-0.15, -0.1) is 0 Å². The summed E-state index contributed by atoms with van der Waals surface area (Å²) in [6.07, 6.45) is 1.66. The number of aromatic nitrogens is 2. The van der Waals surface area contributed by atoms with Crippen molar-refractivity contribution in [2.75, 3.05) is 4.72 Å². The van der Waals surface area contributed by atoms with Crippen molar-refractivity contribution in [1.29, 1.82) is 0 Å². The van der Waals surface area contributed by atoms with Crippen LogP contribution in [0.3, 0.4) is 0 Å². The zero-order valence-corrected chi connectivity index (χ0v) is 11.8. The van der Waals surface area contributed by atoms with Crippen LogP contribution >= 0.6 is 0 Å². The van der Waals surface area contributed by atoms with Gasteiger partial charge in [0.1, 0.15) is 0 Å². The van der Waals surface area contributed by atoms with Crippen LogP contribution in [0.5, 0.6) is 0 Å². The highest BCUT2D eigenvalue weighted by Crippen LogP contribution is 2.27. The lowest BCUT2D eigenvalue weighted by atomic mass is 10.1. The van der Waals surface area contributed by atoms with Gasteiger partial charge in [0.2, 0.25) is 0 Å². The Labute approximate surface area is 122 Å². The first-order valence-electron chi connectivity index (χ1n) is 6.34. The maximum absolute atomic E-state index is 12.3. The van der Waals surface area contributed by atoms with Crippen molar-refractivity contribution in [3.8, 4) is 11.1 Å². The van der Waals surface area contributed by atoms with Crippen molar-refractivity contribution >= 4 is 15.8 Å². The Morgan fingerprint density at radius 2 is 1.52 bits per heavy atom. The molecule has 0 saturated carbocycles. The van der Waals surface area contributed by atoms with E-state index in [0.717, 1.165) is 5.56 Å². The number of sulfonamides is 1. The van der Waals surface area contributed by atoms with Crippen LogP contribution in [0.4, 0.5) is 5.82 Å². The number of aromatic amines is 1. The summed E-state index contributed by atoms with van der Waals surface area (Å²) in [5, 5.41) is 6.68. The predicted molar refractivity (Wildman–Crippen MR) is 81.3 cm³/mol. The fourth-order valence-corrected chi connectivity index (χ4v) is 3.03. The molecule has 0 atom stereocenters. The van der Waals surface area contributed by atoms with Crippen molar-refractivity contribution in [1.82, 2.24) is 10.2 Å². The van der Waals surface area contributed by atoms with Crippen molar-refractivity contribution < 1.29 is 8.42 Å². The summed E-state index contributed by atoms with van der Waals surface area (Å²) in [7, 11) is -3.65. The molecule has 2 N–H and O–H groups in total. The van der Waals surface area contributed by atoms with Gasteiger partial charge in [-0.05, 0) is 17.7 Å². The first-order chi connectivity index (χ1) is 10.2. The quantitative estimate of drug-likeness (QED) is 0.778. The van der Waals surface area contributed by atoms with E-state index in [1.54, 1.807) is 24.4 Å². The molecule has 106 valence electrons. The molecule has 1 heterocycles. The number of rotatable bonds is 4. The lowest BCUT2D eigenvalue weighted by Gasteiger charge is -2.07. The molecule has 0 fully saturated rings. The molecule has 0 radical (unpaired) electrons. The molecular formula is C15H13N3O2S. The van der Waals surface area contributed by atoms with Crippen LogP contribution in [0.25, 0.3) is 11.1 Å². The van der Waals surface area contributed by atoms with E-state index in [1.807, 2.05) is 30.3 Å². The number of hydrogen-bond donors (Lipinski definition) is 2. The van der Waals surface area contributed by atoms with Crippen LogP contribution in [0, 0.1) is 0 Å². The van der Waals surface area contributed by atoms with Crippen LogP contribution in [0.1, 0.15) is 0 Å². The molecule has 2 aromatic carbocycles. The Morgan fingerprint density at radius 3 is 2.19 bits per heavy atom. The van der Waals surface area contributed by atoms with Crippen molar-refractivity contribution in [2.24, 2.45) is 0 Å². The molecule has 6 heteroatoms. The zero-order valence-electron chi connectivity index (χ0n) is 11.0. The summed E-state index contributed by atoms with van der Waals surface area (Å²) in [4.78, 5) is 0.201. The van der Waals surface area contributed by atoms with Crippen LogP contribution in [0.15, 0.2) is 71.8 Å². The van der Waals surface area contributed by atoms with E-state index >= 15 is 0 Å². The molecule has 3 aromatic rings. The maximum atomic E-state index is 12.3. The Hall–Kier alpha value is -2.60. The number of benzene rings is 2. The van der Waals surface area contributed by atoms with E-state index < -0.39 is 10.0 Å². The van der Waals surface area contributed by atoms with Gasteiger partial charge < -0.3 is 0 Å². The second-order valence-corrected chi connectivity index (χ2v) is 6.11. The number of nitrogens with one attached hydrogen (secondary N) is 2. The summed E-state index contributed by atoms with van der Waals surface area (Å²) in [6.45, 7) is 0. The lowest BCUT2D eigenvalue weighted by Crippen LogP contribution is -2.13. The van der Waals surface area contributed by atoms with Crippen molar-refractivity contribution in [3.63, 3.8) is 0 Å². The van der Waals surface area contributed by atoms with Crippen molar-refractivity contribution in [3.05, 3.63) is 66.9 Å². The zero-order chi connectivity index (χ0) is 14.7. The van der Waals surface area contributed by atoms with E-state index in [9.17, 15) is 8.42 Å². The highest BCUT2D eigenvalue weighted by Gasteiger charge is 2.17. The lowest BCUT2D eigenvalue weighted by molar-refractivity contribution is 0.601. The molecule has 0 amide bonds. The first kappa shape index (κ1) is 13.4. The summed E-state index contributed by atoms with van der Waals surface area (Å²) < 4.78 is 27.1. The summed E-state index contributed by atoms with van der Waals surface area (Å²) in [5.74, 6) is 0.282. The van der Waals surface area contributed by atoms with Gasteiger partial charge in [0.05, 0.1) is 4.90 Å². The monoisotopic (exact) mass is 299 g/mol. The maximum Gasteiger partial charge on any atom is 0.263 e. The molecule has 0 aliphatic heterocycles. The highest BCUT2D eigenvalue weighted by molar-refractivity contribution is 7.92. The first-order valence-corrected chi connectivity index (χ1v) is 7.82. The Kier molecular flexibility index (Phi) is 3.45. The smallest absolute Gasteiger partial charge is 0.263 e. The van der Waals surface area contributed by atoms with Crippen LogP contribution in [-0.4, -0.2) is 18.6 Å². The normalized spacial score (nSPS) is 11.2. The average molecular weight is 299 g/mol. The van der Waals surface area contributed by atoms with Gasteiger partial charge in [0, 0.05) is 11.8 Å². The summed E-state index contributed by atoms with van der Waals surface area (Å²) >= 11 is 0. The molecule has 5 nitrogen and oxygen atoms in total. The van der Waals surface area contributed by atoms with Gasteiger partial charge in [-0.1, -0.05) is 48.5 Å². The van der Waals surface area contributed by atoms with Crippen LogP contribution < -0.4 is 4.72 Å². The number of anilines is 1. The number of H-pyrrole nitrogens is 1. The third-order valence-electron chi connectivity index (χ3n) is 3.01. The molecule has 0 saturated heterocycles. The Bertz CT molecular complexity index is 828. The topological polar surface area (TPSA) is 74.8 Å². The van der Waals surface area contributed by atoms with E-state index in [0.29, 0.717) is 5.56 Å². The second-order valence-electron chi connectivity index (χ2n) is 4.43. The Balaban J connectivity index is 1.96. The van der Waals surface area contributed by atoms with E-state index in [1.165, 1.54) is 12.1 Å². The third kappa shape index (κ3) is 2.80. The minimum absolute atomic E-state index is 0.201. The van der Waals surface area contributed by atoms with Crippen LogP contribution in [-0.2, 0) is 10.0 Å². The third-order valence-corrected chi connectivity index (χ3v) is 4.36. The number of nitrogens with zero attached hydrogens (tertiary/aromatic N) is 1. The van der Waals surface area contributed by atoms with Gasteiger partial charge in [0.15, 0.2) is 5.82 Å². The van der Waals surface area contributed by atoms with Gasteiger partial charge >= 0.3 is 0 Å². The minimum Gasteiger partial charge on any atom is -0.283 e. The Morgan fingerprint density at radius 1 is 0.905 bits per heavy atom. The predicted octanol–water partition coefficient (Wildman–Crippen LogP) is 2.88. The molecule has 0 bridgehead atoms. The van der Waals surface area contributed by atoms with Crippen LogP contribution in [0.2, 0.25) is 0 Å². The standard InChI is InChI=1S/C15H13N3O2S/c19-21(20,13-9-5-2-6-10-13)18-15-14(11-16-17-15)12-7-3-1-4-8-12/h1-11H,(H2,16,17,18). The van der Waals surface area contributed by atoms with Gasteiger partial charge in [-0.2, -0.15) is 5.10 Å². The second kappa shape index (κ2) is 5.41. The highest BCUT2D eigenvalue weighted by atomic mass is 32.2. The molecular weight excluding hydrogens is 286 g/mol. The molecule has 3 rings (SSSR count). The number of hydrogen-bond acceptors (Lipinski definition) is 3. The van der Waals surface area contributed by atoms with E-state index in [-0.39, 0.29) is 10.7 Å². The van der Waals surface area contributed by atoms with Crippen molar-refractivity contribution in [2.45, 2.75) is 4.90 Å². The molecule has 21 heavy (non-hydrogen) atoms. The van der Waals surface area contributed by atoms with E-state index in [2.05, 4.69) is 14.9 Å². The minimum atomic E-state index is -3.65. The molecule has 1 aromatic heterocycles. The fourth-order valence-electron chi connectivity index (χ4n) is 1.99.